The molecule has 0 unspecified atom stereocenters. The van der Waals surface area contributed by atoms with Crippen LogP contribution in [0.1, 0.15) is 30.4 Å². The van der Waals surface area contributed by atoms with E-state index in [-0.39, 0.29) is 29.5 Å². The zero-order valence-corrected chi connectivity index (χ0v) is 21.4. The molecule has 0 radical (unpaired) electrons. The third kappa shape index (κ3) is 8.22. The Kier molecular flexibility index (Phi) is 11.8. The summed E-state index contributed by atoms with van der Waals surface area (Å²) >= 11 is 0. The fraction of sp³-hybridized carbons (Fsp3) is 0.500. The van der Waals surface area contributed by atoms with Gasteiger partial charge in [-0.15, -0.1) is 24.0 Å². The molecule has 7 nitrogen and oxygen atoms in total. The maximum absolute atomic E-state index is 11.9. The van der Waals surface area contributed by atoms with Gasteiger partial charge in [-0.1, -0.05) is 30.3 Å². The third-order valence-corrected chi connectivity index (χ3v) is 5.53. The van der Waals surface area contributed by atoms with Crippen LogP contribution in [0, 0.1) is 0 Å². The van der Waals surface area contributed by atoms with E-state index >= 15 is 0 Å². The van der Waals surface area contributed by atoms with E-state index in [1.807, 2.05) is 19.3 Å². The predicted octanol–water partition coefficient (Wildman–Crippen LogP) is 3.11. The molecular formula is C24H35IN4O3. The van der Waals surface area contributed by atoms with Crippen molar-refractivity contribution in [1.29, 1.82) is 0 Å². The molecule has 1 aromatic heterocycles. The first-order valence-corrected chi connectivity index (χ1v) is 11.0. The largest absolute Gasteiger partial charge is 0.385 e. The molecule has 2 aromatic rings. The summed E-state index contributed by atoms with van der Waals surface area (Å²) in [5, 5.41) is 3.47. The van der Waals surface area contributed by atoms with Crippen LogP contribution in [0.4, 0.5) is 0 Å². The van der Waals surface area contributed by atoms with Crippen molar-refractivity contribution in [2.24, 2.45) is 4.99 Å². The first-order valence-electron chi connectivity index (χ1n) is 11.0. The highest BCUT2D eigenvalue weighted by atomic mass is 127. The van der Waals surface area contributed by atoms with Gasteiger partial charge in [0.1, 0.15) is 0 Å². The smallest absolute Gasteiger partial charge is 0.250 e. The van der Waals surface area contributed by atoms with Gasteiger partial charge in [0, 0.05) is 59.3 Å². The summed E-state index contributed by atoms with van der Waals surface area (Å²) in [4.78, 5) is 18.6. The van der Waals surface area contributed by atoms with Crippen molar-refractivity contribution in [3.8, 4) is 0 Å². The van der Waals surface area contributed by atoms with Crippen molar-refractivity contribution in [2.45, 2.75) is 38.5 Å². The van der Waals surface area contributed by atoms with Crippen LogP contribution >= 0.6 is 24.0 Å². The second kappa shape index (κ2) is 14.3. The lowest BCUT2D eigenvalue weighted by molar-refractivity contribution is 0.00989. The molecule has 1 fully saturated rings. The summed E-state index contributed by atoms with van der Waals surface area (Å²) in [5.74, 6) is 0.928. The Morgan fingerprint density at radius 3 is 2.47 bits per heavy atom. The van der Waals surface area contributed by atoms with Crippen molar-refractivity contribution in [1.82, 2.24) is 14.8 Å². The lowest BCUT2D eigenvalue weighted by Gasteiger charge is -2.34. The molecule has 0 saturated carbocycles. The van der Waals surface area contributed by atoms with Gasteiger partial charge in [0.15, 0.2) is 5.96 Å². The van der Waals surface area contributed by atoms with Crippen molar-refractivity contribution in [3.05, 3.63) is 70.1 Å². The standard InChI is InChI=1S/C24H34N4O3.HI/c1-25-24(27-14-11-22(12-15-27)31-17-5-16-30-2)26-18-20-7-9-21(10-8-20)19-28-13-4-3-6-23(28)29;/h3-4,6-10,13,22H,5,11-12,14-19H2,1-2H3,(H,25,26);1H. The number of piperidine rings is 1. The fourth-order valence-electron chi connectivity index (χ4n) is 3.75. The molecule has 0 bridgehead atoms. The highest BCUT2D eigenvalue weighted by molar-refractivity contribution is 14.0. The predicted molar refractivity (Wildman–Crippen MR) is 139 cm³/mol. The molecular weight excluding hydrogens is 519 g/mol. The number of methoxy groups -OCH3 is 1. The number of hydrogen-bond acceptors (Lipinski definition) is 4. The summed E-state index contributed by atoms with van der Waals surface area (Å²) in [7, 11) is 3.55. The van der Waals surface area contributed by atoms with Crippen molar-refractivity contribution in [3.63, 3.8) is 0 Å². The van der Waals surface area contributed by atoms with E-state index in [0.29, 0.717) is 19.2 Å². The number of nitrogens with zero attached hydrogens (tertiary/aromatic N) is 3. The van der Waals surface area contributed by atoms with Crippen LogP contribution in [-0.2, 0) is 22.6 Å². The fourth-order valence-corrected chi connectivity index (χ4v) is 3.75. The maximum atomic E-state index is 11.9. The molecule has 1 aromatic carbocycles. The molecule has 0 atom stereocenters. The third-order valence-electron chi connectivity index (χ3n) is 5.53. The van der Waals surface area contributed by atoms with Gasteiger partial charge in [0.25, 0.3) is 5.56 Å². The van der Waals surface area contributed by atoms with Crippen LogP contribution in [0.2, 0.25) is 0 Å². The number of aromatic nitrogens is 1. The Hall–Kier alpha value is -1.91. The highest BCUT2D eigenvalue weighted by Gasteiger charge is 2.21. The zero-order chi connectivity index (χ0) is 21.9. The first kappa shape index (κ1) is 26.3. The lowest BCUT2D eigenvalue weighted by atomic mass is 10.1. The average Bonchev–Trinajstić information content (AvgIpc) is 2.80. The Labute approximate surface area is 207 Å². The molecule has 3 rings (SSSR count). The van der Waals surface area contributed by atoms with E-state index < -0.39 is 0 Å². The summed E-state index contributed by atoms with van der Waals surface area (Å²) < 4.78 is 12.7. The van der Waals surface area contributed by atoms with E-state index in [9.17, 15) is 4.79 Å². The van der Waals surface area contributed by atoms with E-state index in [1.165, 1.54) is 5.56 Å². The van der Waals surface area contributed by atoms with Gasteiger partial charge in [-0.05, 0) is 36.5 Å². The van der Waals surface area contributed by atoms with Gasteiger partial charge >= 0.3 is 0 Å². The second-order valence-corrected chi connectivity index (χ2v) is 7.79. The van der Waals surface area contributed by atoms with E-state index in [2.05, 4.69) is 39.5 Å². The second-order valence-electron chi connectivity index (χ2n) is 7.79. The number of ether oxygens (including phenoxy) is 2. The Morgan fingerprint density at radius 1 is 1.09 bits per heavy atom. The monoisotopic (exact) mass is 554 g/mol. The SMILES string of the molecule is CN=C(NCc1ccc(Cn2ccccc2=O)cc1)N1CCC(OCCCOC)CC1.I. The number of aliphatic imine (C=N–C) groups is 1. The van der Waals surface area contributed by atoms with Gasteiger partial charge in [-0.3, -0.25) is 9.79 Å². The maximum Gasteiger partial charge on any atom is 0.250 e. The molecule has 32 heavy (non-hydrogen) atoms. The normalized spacial score (nSPS) is 14.8. The molecule has 176 valence electrons. The number of rotatable bonds is 9. The van der Waals surface area contributed by atoms with Gasteiger partial charge in [-0.2, -0.15) is 0 Å². The van der Waals surface area contributed by atoms with Gasteiger partial charge in [0.05, 0.1) is 12.6 Å². The summed E-state index contributed by atoms with van der Waals surface area (Å²) in [6.45, 7) is 4.70. The molecule has 1 saturated heterocycles. The number of likely N-dealkylation sites (tertiary alicyclic amines) is 1. The minimum Gasteiger partial charge on any atom is -0.385 e. The molecule has 0 spiro atoms. The topological polar surface area (TPSA) is 68.1 Å². The molecule has 8 heteroatoms. The van der Waals surface area contributed by atoms with Crippen LogP contribution < -0.4 is 10.9 Å². The van der Waals surface area contributed by atoms with Gasteiger partial charge in [-0.25, -0.2) is 0 Å². The van der Waals surface area contributed by atoms with E-state index in [0.717, 1.165) is 57.1 Å². The zero-order valence-electron chi connectivity index (χ0n) is 19.0. The summed E-state index contributed by atoms with van der Waals surface area (Å²) in [5.41, 5.74) is 2.30. The molecule has 1 aliphatic heterocycles. The van der Waals surface area contributed by atoms with Crippen LogP contribution in [-0.4, -0.2) is 62.0 Å². The number of halogens is 1. The van der Waals surface area contributed by atoms with Crippen molar-refractivity contribution >= 4 is 29.9 Å². The minimum atomic E-state index is 0. The van der Waals surface area contributed by atoms with Crippen molar-refractivity contribution < 1.29 is 9.47 Å². The minimum absolute atomic E-state index is 0. The number of hydrogen-bond donors (Lipinski definition) is 1. The summed E-state index contributed by atoms with van der Waals surface area (Å²) in [6, 6.07) is 13.6. The van der Waals surface area contributed by atoms with Crippen molar-refractivity contribution in [2.75, 3.05) is 40.5 Å². The van der Waals surface area contributed by atoms with Gasteiger partial charge in [0.2, 0.25) is 0 Å². The lowest BCUT2D eigenvalue weighted by Crippen LogP contribution is -2.46. The van der Waals surface area contributed by atoms with Crippen LogP contribution in [0.15, 0.2) is 58.4 Å². The Balaban J connectivity index is 0.00000363. The van der Waals surface area contributed by atoms with Gasteiger partial charge < -0.3 is 24.3 Å². The quantitative estimate of drug-likeness (QED) is 0.224. The Morgan fingerprint density at radius 2 is 1.81 bits per heavy atom. The number of nitrogens with one attached hydrogen (secondary N) is 1. The molecule has 1 aliphatic rings. The Bertz CT molecular complexity index is 877. The van der Waals surface area contributed by atoms with E-state index in [4.69, 9.17) is 9.47 Å². The number of guanidine groups is 1. The average molecular weight is 554 g/mol. The summed E-state index contributed by atoms with van der Waals surface area (Å²) in [6.07, 6.45) is 5.12. The van der Waals surface area contributed by atoms with E-state index in [1.54, 1.807) is 23.8 Å². The first-order chi connectivity index (χ1) is 15.2. The molecule has 0 aliphatic carbocycles. The highest BCUT2D eigenvalue weighted by Crippen LogP contribution is 2.14. The molecule has 0 amide bonds. The number of benzene rings is 1. The number of pyridine rings is 1. The van der Waals surface area contributed by atoms with Crippen LogP contribution in [0.5, 0.6) is 0 Å². The molecule has 2 heterocycles. The molecule has 1 N–H and O–H groups in total. The van der Waals surface area contributed by atoms with Crippen LogP contribution in [0.3, 0.4) is 0 Å². The van der Waals surface area contributed by atoms with Crippen LogP contribution in [0.25, 0.3) is 0 Å².